The van der Waals surface area contributed by atoms with E-state index in [9.17, 15) is 13.6 Å². The highest BCUT2D eigenvalue weighted by Gasteiger charge is 2.24. The number of aromatic nitrogens is 1. The molecular weight excluding hydrogens is 360 g/mol. The molecule has 4 nitrogen and oxygen atoms in total. The minimum atomic E-state index is -0.391. The number of hydrogen-bond acceptors (Lipinski definition) is 3. The molecule has 0 bridgehead atoms. The molecule has 0 radical (unpaired) electrons. The van der Waals surface area contributed by atoms with Gasteiger partial charge in [-0.1, -0.05) is 12.1 Å². The molecule has 1 aromatic heterocycles. The Hall–Kier alpha value is -3.02. The number of nitrogens with one attached hydrogen (secondary N) is 1. The summed E-state index contributed by atoms with van der Waals surface area (Å²) in [5.41, 5.74) is 2.45. The largest absolute Gasteiger partial charge is 0.377 e. The second-order valence-corrected chi connectivity index (χ2v) is 7.13. The molecule has 144 valence electrons. The van der Waals surface area contributed by atoms with E-state index in [2.05, 4.69) is 10.3 Å². The van der Waals surface area contributed by atoms with Gasteiger partial charge in [0.05, 0.1) is 16.8 Å². The van der Waals surface area contributed by atoms with Crippen LogP contribution in [-0.4, -0.2) is 28.9 Å². The molecule has 0 aliphatic carbocycles. The van der Waals surface area contributed by atoms with Crippen LogP contribution in [0.15, 0.2) is 48.7 Å². The van der Waals surface area contributed by atoms with Gasteiger partial charge in [0.1, 0.15) is 11.6 Å². The van der Waals surface area contributed by atoms with Crippen molar-refractivity contribution >= 4 is 22.5 Å². The van der Waals surface area contributed by atoms with Crippen molar-refractivity contribution in [3.8, 4) is 0 Å². The molecular formula is C22H21F2N3O. The summed E-state index contributed by atoms with van der Waals surface area (Å²) in [5.74, 6) is -0.806. The molecule has 1 fully saturated rings. The molecule has 1 N–H and O–H groups in total. The molecule has 1 atom stereocenters. The second kappa shape index (κ2) is 7.54. The van der Waals surface area contributed by atoms with E-state index in [4.69, 9.17) is 0 Å². The maximum atomic E-state index is 14.0. The number of hydrogen-bond donors (Lipinski definition) is 1. The normalized spacial score (nSPS) is 15.0. The summed E-state index contributed by atoms with van der Waals surface area (Å²) >= 11 is 0. The lowest BCUT2D eigenvalue weighted by Gasteiger charge is -2.22. The maximum absolute atomic E-state index is 14.0. The first kappa shape index (κ1) is 18.3. The van der Waals surface area contributed by atoms with Gasteiger partial charge in [-0.3, -0.25) is 9.78 Å². The summed E-state index contributed by atoms with van der Waals surface area (Å²) in [6.07, 6.45) is 3.52. The summed E-state index contributed by atoms with van der Waals surface area (Å²) in [5, 5.41) is 3.90. The second-order valence-electron chi connectivity index (χ2n) is 7.13. The maximum Gasteiger partial charge on any atom is 0.257 e. The minimum Gasteiger partial charge on any atom is -0.377 e. The Kier molecular flexibility index (Phi) is 4.94. The van der Waals surface area contributed by atoms with Crippen LogP contribution in [0.5, 0.6) is 0 Å². The number of rotatable bonds is 4. The van der Waals surface area contributed by atoms with Crippen LogP contribution in [0.1, 0.15) is 41.7 Å². The summed E-state index contributed by atoms with van der Waals surface area (Å²) in [6, 6.07) is 10.3. The lowest BCUT2D eigenvalue weighted by Crippen LogP contribution is -2.28. The first-order valence-corrected chi connectivity index (χ1v) is 9.42. The van der Waals surface area contributed by atoms with Gasteiger partial charge in [0, 0.05) is 30.7 Å². The number of halogens is 2. The van der Waals surface area contributed by atoms with Gasteiger partial charge in [0.2, 0.25) is 0 Å². The first-order valence-electron chi connectivity index (χ1n) is 9.42. The van der Waals surface area contributed by atoms with Crippen molar-refractivity contribution in [1.29, 1.82) is 0 Å². The number of likely N-dealkylation sites (tertiary alicyclic amines) is 1. The van der Waals surface area contributed by atoms with Crippen LogP contribution in [0, 0.1) is 11.6 Å². The molecule has 1 aliphatic rings. The van der Waals surface area contributed by atoms with E-state index < -0.39 is 5.82 Å². The number of benzene rings is 2. The van der Waals surface area contributed by atoms with Gasteiger partial charge < -0.3 is 10.2 Å². The van der Waals surface area contributed by atoms with E-state index in [0.717, 1.165) is 18.4 Å². The highest BCUT2D eigenvalue weighted by molar-refractivity contribution is 6.07. The van der Waals surface area contributed by atoms with Gasteiger partial charge in [0.25, 0.3) is 5.91 Å². The van der Waals surface area contributed by atoms with Gasteiger partial charge in [-0.05, 0) is 55.7 Å². The Bertz CT molecular complexity index is 1010. The fraction of sp³-hybridized carbons (Fsp3) is 0.273. The number of anilines is 1. The van der Waals surface area contributed by atoms with Crippen molar-refractivity contribution in [2.75, 3.05) is 18.4 Å². The molecule has 2 heterocycles. The predicted molar refractivity (Wildman–Crippen MR) is 105 cm³/mol. The number of amides is 1. The number of fused-ring (bicyclic) bond motifs is 1. The molecule has 0 saturated carbocycles. The van der Waals surface area contributed by atoms with E-state index >= 15 is 0 Å². The van der Waals surface area contributed by atoms with Crippen LogP contribution in [0.2, 0.25) is 0 Å². The third kappa shape index (κ3) is 3.54. The van der Waals surface area contributed by atoms with E-state index in [1.54, 1.807) is 29.3 Å². The summed E-state index contributed by atoms with van der Waals surface area (Å²) in [4.78, 5) is 19.2. The van der Waals surface area contributed by atoms with Gasteiger partial charge in [-0.25, -0.2) is 8.78 Å². The zero-order chi connectivity index (χ0) is 19.7. The molecule has 2 aromatic carbocycles. The first-order chi connectivity index (χ1) is 13.5. The van der Waals surface area contributed by atoms with Crippen molar-refractivity contribution in [2.45, 2.75) is 25.8 Å². The van der Waals surface area contributed by atoms with Crippen LogP contribution < -0.4 is 5.32 Å². The Morgan fingerprint density at radius 1 is 1.07 bits per heavy atom. The topological polar surface area (TPSA) is 45.2 Å². The zero-order valence-corrected chi connectivity index (χ0v) is 15.6. The number of pyridine rings is 1. The van der Waals surface area contributed by atoms with Gasteiger partial charge >= 0.3 is 0 Å². The SMILES string of the molecule is C[C@H](Nc1c(C(=O)N2CCCC2)cnc2ccc(F)cc12)c1ccc(F)cc1. The Morgan fingerprint density at radius 2 is 1.75 bits per heavy atom. The Labute approximate surface area is 162 Å². The van der Waals surface area contributed by atoms with E-state index in [0.29, 0.717) is 35.2 Å². The predicted octanol–water partition coefficient (Wildman–Crippen LogP) is 4.92. The lowest BCUT2D eigenvalue weighted by molar-refractivity contribution is 0.0793. The molecule has 4 rings (SSSR count). The average Bonchev–Trinajstić information content (AvgIpc) is 3.23. The van der Waals surface area contributed by atoms with Gasteiger partial charge in [-0.2, -0.15) is 0 Å². The van der Waals surface area contributed by atoms with E-state index in [1.165, 1.54) is 24.3 Å². The quantitative estimate of drug-likeness (QED) is 0.698. The van der Waals surface area contributed by atoms with Gasteiger partial charge in [0.15, 0.2) is 0 Å². The monoisotopic (exact) mass is 381 g/mol. The van der Waals surface area contributed by atoms with Crippen molar-refractivity contribution in [1.82, 2.24) is 9.88 Å². The standard InChI is InChI=1S/C22H21F2N3O/c1-14(15-4-6-16(23)7-5-15)26-21-18-12-17(24)8-9-20(18)25-13-19(21)22(28)27-10-2-3-11-27/h4-9,12-14H,2-3,10-11H2,1H3,(H,25,26)/t14-/m0/s1. The molecule has 0 unspecified atom stereocenters. The highest BCUT2D eigenvalue weighted by Crippen LogP contribution is 2.31. The molecule has 6 heteroatoms. The lowest BCUT2D eigenvalue weighted by atomic mass is 10.0. The van der Waals surface area contributed by atoms with Crippen molar-refractivity contribution < 1.29 is 13.6 Å². The average molecular weight is 381 g/mol. The fourth-order valence-corrected chi connectivity index (χ4v) is 3.62. The van der Waals surface area contributed by atoms with E-state index in [1.807, 2.05) is 6.92 Å². The third-order valence-electron chi connectivity index (χ3n) is 5.18. The highest BCUT2D eigenvalue weighted by atomic mass is 19.1. The molecule has 3 aromatic rings. The fourth-order valence-electron chi connectivity index (χ4n) is 3.62. The van der Waals surface area contributed by atoms with Crippen LogP contribution in [0.25, 0.3) is 10.9 Å². The van der Waals surface area contributed by atoms with Crippen molar-refractivity contribution in [3.05, 3.63) is 71.4 Å². The summed E-state index contributed by atoms with van der Waals surface area (Å²) in [6.45, 7) is 3.35. The Morgan fingerprint density at radius 3 is 2.46 bits per heavy atom. The number of nitrogens with zero attached hydrogens (tertiary/aromatic N) is 2. The zero-order valence-electron chi connectivity index (χ0n) is 15.6. The van der Waals surface area contributed by atoms with Crippen molar-refractivity contribution in [3.63, 3.8) is 0 Å². The molecule has 1 saturated heterocycles. The van der Waals surface area contributed by atoms with Crippen molar-refractivity contribution in [2.24, 2.45) is 0 Å². The Balaban J connectivity index is 1.78. The van der Waals surface area contributed by atoms with E-state index in [-0.39, 0.29) is 17.8 Å². The number of carbonyl (C=O) groups excluding carboxylic acids is 1. The minimum absolute atomic E-state index is 0.107. The molecule has 1 amide bonds. The third-order valence-corrected chi connectivity index (χ3v) is 5.18. The molecule has 28 heavy (non-hydrogen) atoms. The van der Waals surface area contributed by atoms with Gasteiger partial charge in [-0.15, -0.1) is 0 Å². The molecule has 0 spiro atoms. The summed E-state index contributed by atoms with van der Waals surface area (Å²) < 4.78 is 27.2. The molecule has 1 aliphatic heterocycles. The number of carbonyl (C=O) groups is 1. The van der Waals surface area contributed by atoms with Crippen LogP contribution in [-0.2, 0) is 0 Å². The summed E-state index contributed by atoms with van der Waals surface area (Å²) in [7, 11) is 0. The van der Waals surface area contributed by atoms with Crippen LogP contribution >= 0.6 is 0 Å². The smallest absolute Gasteiger partial charge is 0.257 e. The van der Waals surface area contributed by atoms with Crippen LogP contribution in [0.3, 0.4) is 0 Å². The van der Waals surface area contributed by atoms with Crippen LogP contribution in [0.4, 0.5) is 14.5 Å².